The molecule has 6 heteroatoms. The first-order chi connectivity index (χ1) is 9.31. The van der Waals surface area contributed by atoms with Crippen LogP contribution in [0.4, 0.5) is 0 Å². The molecular formula is C14H18N2O4. The maximum Gasteiger partial charge on any atom is 0.326 e. The van der Waals surface area contributed by atoms with Crippen LogP contribution in [-0.4, -0.2) is 28.9 Å². The van der Waals surface area contributed by atoms with Gasteiger partial charge in [-0.15, -0.1) is 0 Å². The number of aliphatic carboxylic acids is 1. The number of aryl methyl sites for hydroxylation is 2. The van der Waals surface area contributed by atoms with Crippen LogP contribution in [0.25, 0.3) is 0 Å². The Morgan fingerprint density at radius 3 is 2.45 bits per heavy atom. The lowest BCUT2D eigenvalue weighted by Crippen LogP contribution is -2.41. The van der Waals surface area contributed by atoms with Crippen LogP contribution in [0.1, 0.15) is 34.3 Å². The van der Waals surface area contributed by atoms with Gasteiger partial charge in [-0.25, -0.2) is 4.79 Å². The van der Waals surface area contributed by atoms with Crippen molar-refractivity contribution in [3.8, 4) is 0 Å². The van der Waals surface area contributed by atoms with E-state index in [9.17, 15) is 14.4 Å². The molecule has 6 nitrogen and oxygen atoms in total. The van der Waals surface area contributed by atoms with E-state index in [2.05, 4.69) is 5.32 Å². The van der Waals surface area contributed by atoms with Crippen LogP contribution in [0.2, 0.25) is 0 Å². The third-order valence-electron chi connectivity index (χ3n) is 2.91. The molecule has 0 aromatic heterocycles. The number of carboxylic acid groups (broad SMARTS) is 1. The highest BCUT2D eigenvalue weighted by Crippen LogP contribution is 2.11. The first kappa shape index (κ1) is 15.7. The average molecular weight is 278 g/mol. The van der Waals surface area contributed by atoms with Gasteiger partial charge in [0.2, 0.25) is 5.91 Å². The Bertz CT molecular complexity index is 540. The van der Waals surface area contributed by atoms with Crippen molar-refractivity contribution >= 4 is 17.8 Å². The Balaban J connectivity index is 2.80. The fraction of sp³-hybridized carbons (Fsp3) is 0.357. The van der Waals surface area contributed by atoms with E-state index in [1.165, 1.54) is 0 Å². The third kappa shape index (κ3) is 4.38. The zero-order chi connectivity index (χ0) is 15.3. The van der Waals surface area contributed by atoms with Crippen LogP contribution in [-0.2, 0) is 9.59 Å². The molecular weight excluding hydrogens is 260 g/mol. The van der Waals surface area contributed by atoms with Gasteiger partial charge in [-0.2, -0.15) is 0 Å². The number of nitrogens with one attached hydrogen (secondary N) is 1. The van der Waals surface area contributed by atoms with Crippen LogP contribution in [0, 0.1) is 13.8 Å². The SMILES string of the molecule is Cc1ccc(C(=O)NC(CCC(N)=O)C(=O)O)c(C)c1. The summed E-state index contributed by atoms with van der Waals surface area (Å²) in [5.41, 5.74) is 7.18. The second-order valence-electron chi connectivity index (χ2n) is 4.69. The number of rotatable bonds is 6. The second kappa shape index (κ2) is 6.70. The van der Waals surface area contributed by atoms with Crippen LogP contribution in [0.5, 0.6) is 0 Å². The Labute approximate surface area is 117 Å². The summed E-state index contributed by atoms with van der Waals surface area (Å²) < 4.78 is 0. The molecule has 0 fully saturated rings. The van der Waals surface area contributed by atoms with E-state index in [1.54, 1.807) is 19.1 Å². The molecule has 1 aromatic carbocycles. The molecule has 0 heterocycles. The van der Waals surface area contributed by atoms with E-state index in [4.69, 9.17) is 10.8 Å². The molecule has 0 aliphatic heterocycles. The summed E-state index contributed by atoms with van der Waals surface area (Å²) in [6.45, 7) is 3.68. The molecule has 0 bridgehead atoms. The summed E-state index contributed by atoms with van der Waals surface area (Å²) in [5, 5.41) is 11.4. The van der Waals surface area contributed by atoms with Crippen molar-refractivity contribution in [3.05, 3.63) is 34.9 Å². The van der Waals surface area contributed by atoms with Crippen molar-refractivity contribution in [3.63, 3.8) is 0 Å². The van der Waals surface area contributed by atoms with E-state index < -0.39 is 23.8 Å². The molecule has 0 radical (unpaired) electrons. The summed E-state index contributed by atoms with van der Waals surface area (Å²) in [6, 6.07) is 4.14. The fourth-order valence-electron chi connectivity index (χ4n) is 1.85. The Morgan fingerprint density at radius 1 is 1.30 bits per heavy atom. The van der Waals surface area contributed by atoms with Crippen molar-refractivity contribution in [2.24, 2.45) is 5.73 Å². The van der Waals surface area contributed by atoms with Crippen molar-refractivity contribution < 1.29 is 19.5 Å². The molecule has 4 N–H and O–H groups in total. The minimum Gasteiger partial charge on any atom is -0.480 e. The molecule has 0 aliphatic carbocycles. The number of nitrogens with two attached hydrogens (primary N) is 1. The number of carbonyl (C=O) groups is 3. The van der Waals surface area contributed by atoms with E-state index in [0.29, 0.717) is 5.56 Å². The molecule has 1 atom stereocenters. The lowest BCUT2D eigenvalue weighted by atomic mass is 10.0. The van der Waals surface area contributed by atoms with Crippen LogP contribution in [0.3, 0.4) is 0 Å². The highest BCUT2D eigenvalue weighted by Gasteiger charge is 2.21. The molecule has 0 saturated carbocycles. The molecule has 2 amide bonds. The third-order valence-corrected chi connectivity index (χ3v) is 2.91. The topological polar surface area (TPSA) is 109 Å². The highest BCUT2D eigenvalue weighted by atomic mass is 16.4. The van der Waals surface area contributed by atoms with Crippen molar-refractivity contribution in [2.75, 3.05) is 0 Å². The smallest absolute Gasteiger partial charge is 0.326 e. The minimum absolute atomic E-state index is 0.0265. The van der Waals surface area contributed by atoms with Crippen molar-refractivity contribution in [1.82, 2.24) is 5.32 Å². The first-order valence-electron chi connectivity index (χ1n) is 6.20. The number of amides is 2. The minimum atomic E-state index is -1.19. The van der Waals surface area contributed by atoms with Gasteiger partial charge >= 0.3 is 5.97 Å². The largest absolute Gasteiger partial charge is 0.480 e. The standard InChI is InChI=1S/C14H18N2O4/c1-8-3-4-10(9(2)7-8)13(18)16-11(14(19)20)5-6-12(15)17/h3-4,7,11H,5-6H2,1-2H3,(H2,15,17)(H,16,18)(H,19,20). The van der Waals surface area contributed by atoms with Gasteiger partial charge in [0.1, 0.15) is 6.04 Å². The Morgan fingerprint density at radius 2 is 1.95 bits per heavy atom. The maximum absolute atomic E-state index is 12.0. The normalized spacial score (nSPS) is 11.7. The molecule has 0 spiro atoms. The van der Waals surface area contributed by atoms with Crippen LogP contribution < -0.4 is 11.1 Å². The Kier molecular flexibility index (Phi) is 5.25. The number of hydrogen-bond donors (Lipinski definition) is 3. The van der Waals surface area contributed by atoms with E-state index in [1.807, 2.05) is 13.0 Å². The number of carboxylic acids is 1. The van der Waals surface area contributed by atoms with Gasteiger partial charge in [-0.1, -0.05) is 17.7 Å². The van der Waals surface area contributed by atoms with Gasteiger partial charge in [-0.05, 0) is 31.9 Å². The summed E-state index contributed by atoms with van der Waals surface area (Å²) in [6.07, 6.45) is -0.120. The molecule has 0 saturated heterocycles. The molecule has 1 rings (SSSR count). The van der Waals surface area contributed by atoms with E-state index >= 15 is 0 Å². The Hall–Kier alpha value is -2.37. The van der Waals surface area contributed by atoms with Crippen LogP contribution in [0.15, 0.2) is 18.2 Å². The lowest BCUT2D eigenvalue weighted by molar-refractivity contribution is -0.139. The van der Waals surface area contributed by atoms with Gasteiger partial charge < -0.3 is 16.2 Å². The van der Waals surface area contributed by atoms with Gasteiger partial charge in [-0.3, -0.25) is 9.59 Å². The van der Waals surface area contributed by atoms with Gasteiger partial charge in [0.25, 0.3) is 5.91 Å². The number of hydrogen-bond acceptors (Lipinski definition) is 3. The predicted octanol–water partition coefficient (Wildman–Crippen LogP) is 0.752. The number of primary amides is 1. The number of benzene rings is 1. The maximum atomic E-state index is 12.0. The van der Waals surface area contributed by atoms with Gasteiger partial charge in [0, 0.05) is 12.0 Å². The monoisotopic (exact) mass is 278 g/mol. The molecule has 108 valence electrons. The van der Waals surface area contributed by atoms with Crippen LogP contribution >= 0.6 is 0 Å². The summed E-state index contributed by atoms with van der Waals surface area (Å²) >= 11 is 0. The van der Waals surface area contributed by atoms with Gasteiger partial charge in [0.05, 0.1) is 0 Å². The van der Waals surface area contributed by atoms with Crippen molar-refractivity contribution in [2.45, 2.75) is 32.7 Å². The quantitative estimate of drug-likeness (QED) is 0.713. The average Bonchev–Trinajstić information content (AvgIpc) is 2.33. The lowest BCUT2D eigenvalue weighted by Gasteiger charge is -2.15. The zero-order valence-electron chi connectivity index (χ0n) is 11.5. The first-order valence-corrected chi connectivity index (χ1v) is 6.20. The molecule has 20 heavy (non-hydrogen) atoms. The summed E-state index contributed by atoms with van der Waals surface area (Å²) in [4.78, 5) is 33.8. The zero-order valence-corrected chi connectivity index (χ0v) is 11.5. The van der Waals surface area contributed by atoms with E-state index in [-0.39, 0.29) is 12.8 Å². The second-order valence-corrected chi connectivity index (χ2v) is 4.69. The fourth-order valence-corrected chi connectivity index (χ4v) is 1.85. The number of carbonyl (C=O) groups excluding carboxylic acids is 2. The highest BCUT2D eigenvalue weighted by molar-refractivity contribution is 5.97. The predicted molar refractivity (Wildman–Crippen MR) is 73.2 cm³/mol. The summed E-state index contributed by atoms with van der Waals surface area (Å²) in [5.74, 6) is -2.26. The van der Waals surface area contributed by atoms with Crippen molar-refractivity contribution in [1.29, 1.82) is 0 Å². The molecule has 0 aliphatic rings. The van der Waals surface area contributed by atoms with E-state index in [0.717, 1.165) is 11.1 Å². The summed E-state index contributed by atoms with van der Waals surface area (Å²) in [7, 11) is 0. The molecule has 1 aromatic rings. The van der Waals surface area contributed by atoms with Gasteiger partial charge in [0.15, 0.2) is 0 Å². The molecule has 1 unspecified atom stereocenters.